The predicted octanol–water partition coefficient (Wildman–Crippen LogP) is 5.05. The summed E-state index contributed by atoms with van der Waals surface area (Å²) in [5.41, 5.74) is 4.51. The van der Waals surface area contributed by atoms with E-state index in [4.69, 9.17) is 0 Å². The molecule has 1 saturated heterocycles. The SMILES string of the molecule is Cc1cc(C)c(NC(=O)CN2C(=O)S/C(=C/c3ccc(Br)cc3)C2=O)c(C)c1. The molecule has 0 unspecified atom stereocenters. The van der Waals surface area contributed by atoms with Gasteiger partial charge in [-0.3, -0.25) is 19.3 Å². The quantitative estimate of drug-likeness (QED) is 0.650. The van der Waals surface area contributed by atoms with Crippen LogP contribution >= 0.6 is 27.7 Å². The topological polar surface area (TPSA) is 66.5 Å². The van der Waals surface area contributed by atoms with Gasteiger partial charge in [-0.05, 0) is 67.4 Å². The fourth-order valence-corrected chi connectivity index (χ4v) is 4.15. The van der Waals surface area contributed by atoms with Crippen molar-refractivity contribution in [1.29, 1.82) is 0 Å². The number of carbonyl (C=O) groups excluding carboxylic acids is 3. The lowest BCUT2D eigenvalue weighted by atomic mass is 10.1. The first-order chi connectivity index (χ1) is 13.2. The van der Waals surface area contributed by atoms with Crippen molar-refractivity contribution in [2.24, 2.45) is 0 Å². The number of amides is 3. The zero-order valence-electron chi connectivity index (χ0n) is 15.7. The molecule has 2 aromatic carbocycles. The molecule has 3 amide bonds. The minimum absolute atomic E-state index is 0.308. The number of thioether (sulfide) groups is 1. The second-order valence-electron chi connectivity index (χ2n) is 6.64. The average molecular weight is 459 g/mol. The maximum Gasteiger partial charge on any atom is 0.294 e. The molecule has 1 N–H and O–H groups in total. The van der Waals surface area contributed by atoms with E-state index < -0.39 is 17.1 Å². The summed E-state index contributed by atoms with van der Waals surface area (Å²) in [5, 5.41) is 2.38. The molecular weight excluding hydrogens is 440 g/mol. The normalized spacial score (nSPS) is 15.4. The molecule has 1 aliphatic heterocycles. The van der Waals surface area contributed by atoms with Crippen LogP contribution in [0.15, 0.2) is 45.8 Å². The third-order valence-electron chi connectivity index (χ3n) is 4.28. The summed E-state index contributed by atoms with van der Waals surface area (Å²) in [4.78, 5) is 38.6. The third kappa shape index (κ3) is 4.54. The molecule has 0 aliphatic carbocycles. The summed E-state index contributed by atoms with van der Waals surface area (Å²) in [6.07, 6.45) is 1.66. The molecule has 144 valence electrons. The summed E-state index contributed by atoms with van der Waals surface area (Å²) in [6, 6.07) is 11.3. The van der Waals surface area contributed by atoms with E-state index in [0.29, 0.717) is 10.6 Å². The van der Waals surface area contributed by atoms with Gasteiger partial charge >= 0.3 is 0 Å². The number of rotatable bonds is 4. The van der Waals surface area contributed by atoms with Crippen LogP contribution in [0, 0.1) is 20.8 Å². The van der Waals surface area contributed by atoms with Gasteiger partial charge in [-0.1, -0.05) is 45.8 Å². The van der Waals surface area contributed by atoms with Crippen molar-refractivity contribution in [3.8, 4) is 0 Å². The Hall–Kier alpha value is -2.38. The van der Waals surface area contributed by atoms with Crippen LogP contribution in [-0.4, -0.2) is 28.5 Å². The van der Waals surface area contributed by atoms with Crippen molar-refractivity contribution in [3.63, 3.8) is 0 Å². The standard InChI is InChI=1S/C21H19BrN2O3S/c1-12-8-13(2)19(14(3)9-12)23-18(25)11-24-20(26)17(28-21(24)27)10-15-4-6-16(22)7-5-15/h4-10H,11H2,1-3H3,(H,23,25)/b17-10+. The molecule has 1 heterocycles. The zero-order valence-corrected chi connectivity index (χ0v) is 18.1. The summed E-state index contributed by atoms with van der Waals surface area (Å²) >= 11 is 4.20. The Labute approximate surface area is 176 Å². The van der Waals surface area contributed by atoms with Crippen LogP contribution in [0.3, 0.4) is 0 Å². The van der Waals surface area contributed by atoms with Crippen molar-refractivity contribution in [3.05, 3.63) is 68.0 Å². The Bertz CT molecular complexity index is 976. The first kappa shape index (κ1) is 20.4. The molecule has 0 saturated carbocycles. The van der Waals surface area contributed by atoms with Gasteiger partial charge in [-0.2, -0.15) is 0 Å². The van der Waals surface area contributed by atoms with Gasteiger partial charge in [0.2, 0.25) is 5.91 Å². The van der Waals surface area contributed by atoms with Gasteiger partial charge in [0.05, 0.1) is 4.91 Å². The van der Waals surface area contributed by atoms with Gasteiger partial charge in [0.25, 0.3) is 11.1 Å². The van der Waals surface area contributed by atoms with Crippen LogP contribution in [0.1, 0.15) is 22.3 Å². The van der Waals surface area contributed by atoms with Crippen molar-refractivity contribution < 1.29 is 14.4 Å². The van der Waals surface area contributed by atoms with Crippen molar-refractivity contribution in [2.75, 3.05) is 11.9 Å². The average Bonchev–Trinajstić information content (AvgIpc) is 2.87. The highest BCUT2D eigenvalue weighted by Crippen LogP contribution is 2.32. The number of hydrogen-bond donors (Lipinski definition) is 1. The lowest BCUT2D eigenvalue weighted by Crippen LogP contribution is -2.36. The Morgan fingerprint density at radius 3 is 2.32 bits per heavy atom. The molecule has 0 aromatic heterocycles. The van der Waals surface area contributed by atoms with Gasteiger partial charge in [0, 0.05) is 10.2 Å². The number of carbonyl (C=O) groups is 3. The molecule has 5 nitrogen and oxygen atoms in total. The number of nitrogens with one attached hydrogen (secondary N) is 1. The fourth-order valence-electron chi connectivity index (χ4n) is 3.05. The van der Waals surface area contributed by atoms with Gasteiger partial charge in [-0.25, -0.2) is 0 Å². The second kappa shape index (κ2) is 8.32. The number of benzene rings is 2. The highest BCUT2D eigenvalue weighted by molar-refractivity contribution is 9.10. The zero-order chi connectivity index (χ0) is 20.4. The van der Waals surface area contributed by atoms with Crippen LogP contribution in [-0.2, 0) is 9.59 Å². The van der Waals surface area contributed by atoms with Crippen LogP contribution < -0.4 is 5.32 Å². The summed E-state index contributed by atoms with van der Waals surface area (Å²) in [7, 11) is 0. The third-order valence-corrected chi connectivity index (χ3v) is 5.72. The van der Waals surface area contributed by atoms with E-state index in [-0.39, 0.29) is 6.54 Å². The Balaban J connectivity index is 1.72. The van der Waals surface area contributed by atoms with E-state index in [1.54, 1.807) is 6.08 Å². The van der Waals surface area contributed by atoms with E-state index in [0.717, 1.165) is 43.4 Å². The maximum atomic E-state index is 12.6. The van der Waals surface area contributed by atoms with Crippen LogP contribution in [0.5, 0.6) is 0 Å². The number of imide groups is 1. The summed E-state index contributed by atoms with van der Waals surface area (Å²) in [6.45, 7) is 5.51. The van der Waals surface area contributed by atoms with Crippen LogP contribution in [0.2, 0.25) is 0 Å². The molecule has 1 fully saturated rings. The number of hydrogen-bond acceptors (Lipinski definition) is 4. The molecule has 0 bridgehead atoms. The number of nitrogens with zero attached hydrogens (tertiary/aromatic N) is 1. The van der Waals surface area contributed by atoms with E-state index in [1.807, 2.05) is 57.2 Å². The first-order valence-electron chi connectivity index (χ1n) is 8.63. The molecule has 1 aliphatic rings. The smallest absolute Gasteiger partial charge is 0.294 e. The Morgan fingerprint density at radius 2 is 1.71 bits per heavy atom. The fraction of sp³-hybridized carbons (Fsp3) is 0.190. The van der Waals surface area contributed by atoms with Crippen molar-refractivity contribution in [1.82, 2.24) is 4.90 Å². The highest BCUT2D eigenvalue weighted by Gasteiger charge is 2.36. The molecule has 3 rings (SSSR count). The van der Waals surface area contributed by atoms with E-state index in [1.165, 1.54) is 0 Å². The number of aryl methyl sites for hydroxylation is 3. The molecule has 28 heavy (non-hydrogen) atoms. The molecule has 0 radical (unpaired) electrons. The number of halogens is 1. The predicted molar refractivity (Wildman–Crippen MR) is 116 cm³/mol. The number of anilines is 1. The van der Waals surface area contributed by atoms with Gasteiger partial charge in [0.15, 0.2) is 0 Å². The van der Waals surface area contributed by atoms with Gasteiger partial charge < -0.3 is 5.32 Å². The van der Waals surface area contributed by atoms with E-state index in [9.17, 15) is 14.4 Å². The minimum Gasteiger partial charge on any atom is -0.324 e. The van der Waals surface area contributed by atoms with Gasteiger partial charge in [0.1, 0.15) is 6.54 Å². The van der Waals surface area contributed by atoms with E-state index >= 15 is 0 Å². The first-order valence-corrected chi connectivity index (χ1v) is 10.2. The van der Waals surface area contributed by atoms with Crippen LogP contribution in [0.25, 0.3) is 6.08 Å². The molecule has 0 spiro atoms. The minimum atomic E-state index is -0.453. The van der Waals surface area contributed by atoms with Crippen molar-refractivity contribution in [2.45, 2.75) is 20.8 Å². The largest absolute Gasteiger partial charge is 0.324 e. The van der Waals surface area contributed by atoms with Crippen LogP contribution in [0.4, 0.5) is 10.5 Å². The molecule has 7 heteroatoms. The summed E-state index contributed by atoms with van der Waals surface area (Å²) in [5.74, 6) is -0.854. The Morgan fingerprint density at radius 1 is 1.11 bits per heavy atom. The second-order valence-corrected chi connectivity index (χ2v) is 8.55. The maximum absolute atomic E-state index is 12.6. The van der Waals surface area contributed by atoms with E-state index in [2.05, 4.69) is 21.2 Å². The Kier molecular flexibility index (Phi) is 6.05. The lowest BCUT2D eigenvalue weighted by molar-refractivity contribution is -0.127. The van der Waals surface area contributed by atoms with Gasteiger partial charge in [-0.15, -0.1) is 0 Å². The van der Waals surface area contributed by atoms with Crippen molar-refractivity contribution >= 4 is 56.5 Å². The molecule has 0 atom stereocenters. The molecule has 2 aromatic rings. The summed E-state index contributed by atoms with van der Waals surface area (Å²) < 4.78 is 0.927. The monoisotopic (exact) mass is 458 g/mol. The highest BCUT2D eigenvalue weighted by atomic mass is 79.9. The molecular formula is C21H19BrN2O3S. The lowest BCUT2D eigenvalue weighted by Gasteiger charge is -2.15.